The molecular weight excluding hydrogens is 210 g/mol. The largest absolute Gasteiger partial charge is 0.314 e. The second-order valence-corrected chi connectivity index (χ2v) is 5.95. The lowest BCUT2D eigenvalue weighted by Crippen LogP contribution is -2.33. The average Bonchev–Trinajstić information content (AvgIpc) is 2.69. The van der Waals surface area contributed by atoms with E-state index in [9.17, 15) is 0 Å². The van der Waals surface area contributed by atoms with Crippen LogP contribution in [-0.2, 0) is 13.5 Å². The predicted molar refractivity (Wildman–Crippen MR) is 70.9 cm³/mol. The van der Waals surface area contributed by atoms with Crippen molar-refractivity contribution in [3.8, 4) is 0 Å². The summed E-state index contributed by atoms with van der Waals surface area (Å²) in [7, 11) is 2.03. The average molecular weight is 235 g/mol. The van der Waals surface area contributed by atoms with E-state index in [1.807, 2.05) is 17.9 Å². The zero-order chi connectivity index (χ0) is 12.5. The van der Waals surface area contributed by atoms with Crippen molar-refractivity contribution in [2.45, 2.75) is 46.1 Å². The Labute approximate surface area is 105 Å². The Balaban J connectivity index is 1.88. The molecule has 0 aromatic carbocycles. The molecule has 96 valence electrons. The molecule has 0 amide bonds. The summed E-state index contributed by atoms with van der Waals surface area (Å²) in [6, 6.07) is 2.80. The maximum absolute atomic E-state index is 4.23. The molecule has 2 rings (SSSR count). The van der Waals surface area contributed by atoms with Crippen LogP contribution in [0.15, 0.2) is 12.3 Å². The van der Waals surface area contributed by atoms with Crippen LogP contribution in [0.2, 0.25) is 0 Å². The standard InChI is InChI=1S/C14H25N3/c1-5-15-13(12-10-14(12,2)3)7-6-11-8-9-16-17(11)4/h8-9,12-13,15H,5-7,10H2,1-4H3. The third-order valence-corrected chi connectivity index (χ3v) is 4.18. The minimum atomic E-state index is 0.555. The van der Waals surface area contributed by atoms with Gasteiger partial charge in [0, 0.05) is 25.0 Å². The fourth-order valence-corrected chi connectivity index (χ4v) is 2.85. The van der Waals surface area contributed by atoms with Crippen LogP contribution in [0.4, 0.5) is 0 Å². The van der Waals surface area contributed by atoms with Crippen molar-refractivity contribution in [3.63, 3.8) is 0 Å². The first-order chi connectivity index (χ1) is 8.04. The van der Waals surface area contributed by atoms with E-state index in [0.717, 1.165) is 18.9 Å². The summed E-state index contributed by atoms with van der Waals surface area (Å²) in [5.74, 6) is 0.857. The molecule has 1 aliphatic rings. The first kappa shape index (κ1) is 12.6. The van der Waals surface area contributed by atoms with Gasteiger partial charge in [-0.05, 0) is 43.2 Å². The number of hydrogen-bond donors (Lipinski definition) is 1. The lowest BCUT2D eigenvalue weighted by molar-refractivity contribution is 0.389. The van der Waals surface area contributed by atoms with E-state index in [2.05, 4.69) is 37.3 Å². The molecule has 0 aliphatic heterocycles. The van der Waals surface area contributed by atoms with Gasteiger partial charge in [0.2, 0.25) is 0 Å². The number of nitrogens with zero attached hydrogens (tertiary/aromatic N) is 2. The molecule has 0 spiro atoms. The van der Waals surface area contributed by atoms with E-state index in [4.69, 9.17) is 0 Å². The van der Waals surface area contributed by atoms with Gasteiger partial charge in [-0.15, -0.1) is 0 Å². The molecule has 3 heteroatoms. The van der Waals surface area contributed by atoms with Crippen LogP contribution < -0.4 is 5.32 Å². The summed E-state index contributed by atoms with van der Waals surface area (Å²) in [5, 5.41) is 7.88. The zero-order valence-electron chi connectivity index (χ0n) is 11.5. The summed E-state index contributed by atoms with van der Waals surface area (Å²) in [6.07, 6.45) is 5.61. The highest BCUT2D eigenvalue weighted by Gasteiger charge is 2.49. The van der Waals surface area contributed by atoms with Crippen molar-refractivity contribution in [2.24, 2.45) is 18.4 Å². The molecule has 1 aromatic heterocycles. The Hall–Kier alpha value is -0.830. The second kappa shape index (κ2) is 4.81. The van der Waals surface area contributed by atoms with Crippen LogP contribution in [0.1, 0.15) is 39.3 Å². The van der Waals surface area contributed by atoms with Crippen molar-refractivity contribution in [3.05, 3.63) is 18.0 Å². The van der Waals surface area contributed by atoms with Gasteiger partial charge >= 0.3 is 0 Å². The van der Waals surface area contributed by atoms with E-state index in [1.54, 1.807) is 0 Å². The van der Waals surface area contributed by atoms with Crippen molar-refractivity contribution in [2.75, 3.05) is 6.54 Å². The number of hydrogen-bond acceptors (Lipinski definition) is 2. The molecule has 1 fully saturated rings. The van der Waals surface area contributed by atoms with E-state index < -0.39 is 0 Å². The van der Waals surface area contributed by atoms with Crippen molar-refractivity contribution in [1.82, 2.24) is 15.1 Å². The molecule has 0 saturated heterocycles. The maximum atomic E-state index is 4.23. The minimum absolute atomic E-state index is 0.555. The summed E-state index contributed by atoms with van der Waals surface area (Å²) in [4.78, 5) is 0. The van der Waals surface area contributed by atoms with Crippen LogP contribution >= 0.6 is 0 Å². The quantitative estimate of drug-likeness (QED) is 0.820. The Morgan fingerprint density at radius 3 is 2.76 bits per heavy atom. The zero-order valence-corrected chi connectivity index (χ0v) is 11.5. The van der Waals surface area contributed by atoms with Crippen LogP contribution in [0.5, 0.6) is 0 Å². The summed E-state index contributed by atoms with van der Waals surface area (Å²) in [6.45, 7) is 8.03. The van der Waals surface area contributed by atoms with Gasteiger partial charge in [-0.25, -0.2) is 0 Å². The minimum Gasteiger partial charge on any atom is -0.314 e. The van der Waals surface area contributed by atoms with E-state index in [-0.39, 0.29) is 0 Å². The first-order valence-electron chi connectivity index (χ1n) is 6.75. The number of nitrogens with one attached hydrogen (secondary N) is 1. The highest BCUT2D eigenvalue weighted by Crippen LogP contribution is 2.54. The topological polar surface area (TPSA) is 29.9 Å². The van der Waals surface area contributed by atoms with Gasteiger partial charge in [-0.2, -0.15) is 5.10 Å². The second-order valence-electron chi connectivity index (χ2n) is 5.95. The van der Waals surface area contributed by atoms with Gasteiger partial charge in [0.25, 0.3) is 0 Å². The SMILES string of the molecule is CCNC(CCc1ccnn1C)C1CC1(C)C. The molecule has 1 heterocycles. The fourth-order valence-electron chi connectivity index (χ4n) is 2.85. The Morgan fingerprint density at radius 2 is 2.29 bits per heavy atom. The third-order valence-electron chi connectivity index (χ3n) is 4.18. The normalized spacial score (nSPS) is 23.6. The van der Waals surface area contributed by atoms with Gasteiger partial charge in [0.1, 0.15) is 0 Å². The third kappa shape index (κ3) is 2.89. The van der Waals surface area contributed by atoms with Crippen LogP contribution in [-0.4, -0.2) is 22.4 Å². The Bertz CT molecular complexity index is 367. The van der Waals surface area contributed by atoms with Gasteiger partial charge < -0.3 is 5.32 Å². The monoisotopic (exact) mass is 235 g/mol. The highest BCUT2D eigenvalue weighted by molar-refractivity contribution is 5.05. The number of aromatic nitrogens is 2. The lowest BCUT2D eigenvalue weighted by atomic mass is 9.99. The van der Waals surface area contributed by atoms with Gasteiger partial charge in [0.15, 0.2) is 0 Å². The van der Waals surface area contributed by atoms with Gasteiger partial charge in [-0.3, -0.25) is 4.68 Å². The molecule has 1 saturated carbocycles. The summed E-state index contributed by atoms with van der Waals surface area (Å²) >= 11 is 0. The van der Waals surface area contributed by atoms with Crippen molar-refractivity contribution >= 4 is 0 Å². The van der Waals surface area contributed by atoms with E-state index in [1.165, 1.54) is 18.5 Å². The maximum Gasteiger partial charge on any atom is 0.0492 e. The van der Waals surface area contributed by atoms with Crippen LogP contribution in [0, 0.1) is 11.3 Å². The van der Waals surface area contributed by atoms with E-state index in [0.29, 0.717) is 11.5 Å². The summed E-state index contributed by atoms with van der Waals surface area (Å²) < 4.78 is 1.99. The molecule has 1 N–H and O–H groups in total. The molecule has 1 aromatic rings. The predicted octanol–water partition coefficient (Wildman–Crippen LogP) is 2.38. The van der Waals surface area contributed by atoms with Crippen molar-refractivity contribution < 1.29 is 0 Å². The molecule has 0 bridgehead atoms. The molecular formula is C14H25N3. The smallest absolute Gasteiger partial charge is 0.0492 e. The number of aryl methyl sites for hydroxylation is 2. The summed E-state index contributed by atoms with van der Waals surface area (Å²) in [5.41, 5.74) is 1.89. The van der Waals surface area contributed by atoms with Gasteiger partial charge in [0.05, 0.1) is 0 Å². The lowest BCUT2D eigenvalue weighted by Gasteiger charge is -2.19. The molecule has 17 heavy (non-hydrogen) atoms. The van der Waals surface area contributed by atoms with E-state index >= 15 is 0 Å². The van der Waals surface area contributed by atoms with Crippen LogP contribution in [0.25, 0.3) is 0 Å². The highest BCUT2D eigenvalue weighted by atomic mass is 15.2. The Morgan fingerprint density at radius 1 is 1.59 bits per heavy atom. The first-order valence-corrected chi connectivity index (χ1v) is 6.75. The Kier molecular flexibility index (Phi) is 3.57. The van der Waals surface area contributed by atoms with Gasteiger partial charge in [-0.1, -0.05) is 20.8 Å². The molecule has 0 radical (unpaired) electrons. The molecule has 1 aliphatic carbocycles. The molecule has 2 unspecified atom stereocenters. The molecule has 3 nitrogen and oxygen atoms in total. The molecule has 2 atom stereocenters. The number of rotatable bonds is 6. The van der Waals surface area contributed by atoms with Crippen molar-refractivity contribution in [1.29, 1.82) is 0 Å². The fraction of sp³-hybridized carbons (Fsp3) is 0.786. The van der Waals surface area contributed by atoms with Crippen LogP contribution in [0.3, 0.4) is 0 Å².